The summed E-state index contributed by atoms with van der Waals surface area (Å²) < 4.78 is 0. The van der Waals surface area contributed by atoms with Gasteiger partial charge in [0.15, 0.2) is 0 Å². The molecule has 1 aliphatic heterocycles. The van der Waals surface area contributed by atoms with E-state index in [1.54, 1.807) is 48.5 Å². The zero-order valence-electron chi connectivity index (χ0n) is 16.7. The van der Waals surface area contributed by atoms with E-state index in [9.17, 15) is 14.7 Å². The minimum Gasteiger partial charge on any atom is -0.359 e. The second kappa shape index (κ2) is 8.66. The van der Waals surface area contributed by atoms with Gasteiger partial charge >= 0.3 is 6.03 Å². The molecule has 1 aliphatic carbocycles. The number of nitrogens with one attached hydrogen (secondary N) is 2. The molecule has 1 saturated carbocycles. The van der Waals surface area contributed by atoms with Crippen LogP contribution in [0.3, 0.4) is 0 Å². The zero-order valence-corrected chi connectivity index (χ0v) is 17.5. The van der Waals surface area contributed by atoms with Crippen molar-refractivity contribution in [2.75, 3.05) is 10.2 Å². The van der Waals surface area contributed by atoms with E-state index in [1.807, 2.05) is 0 Å². The molecule has 0 aromatic heterocycles. The highest BCUT2D eigenvalue weighted by Gasteiger charge is 2.52. The molecule has 0 bridgehead atoms. The summed E-state index contributed by atoms with van der Waals surface area (Å²) in [6, 6.07) is 12.7. The molecule has 30 heavy (non-hydrogen) atoms. The Morgan fingerprint density at radius 2 is 1.67 bits per heavy atom. The van der Waals surface area contributed by atoms with Crippen molar-refractivity contribution in [1.82, 2.24) is 5.32 Å². The maximum atomic E-state index is 13.5. The predicted molar refractivity (Wildman–Crippen MR) is 118 cm³/mol. The highest BCUT2D eigenvalue weighted by molar-refractivity contribution is 6.30. The summed E-state index contributed by atoms with van der Waals surface area (Å²) >= 11 is 6.00. The van der Waals surface area contributed by atoms with Gasteiger partial charge in [0, 0.05) is 22.3 Å². The molecule has 6 nitrogen and oxygen atoms in total. The molecule has 1 fully saturated rings. The van der Waals surface area contributed by atoms with Gasteiger partial charge in [-0.1, -0.05) is 61.9 Å². The van der Waals surface area contributed by atoms with Gasteiger partial charge in [0.25, 0.3) is 11.6 Å². The Morgan fingerprint density at radius 1 is 1.03 bits per heavy atom. The number of nitrogens with zero attached hydrogens (tertiary/aromatic N) is 1. The van der Waals surface area contributed by atoms with Crippen LogP contribution in [0.2, 0.25) is 5.02 Å². The lowest BCUT2D eigenvalue weighted by Crippen LogP contribution is -2.63. The lowest BCUT2D eigenvalue weighted by Gasteiger charge is -2.43. The summed E-state index contributed by atoms with van der Waals surface area (Å²) in [4.78, 5) is 27.6. The average molecular weight is 428 g/mol. The number of aliphatic hydroxyl groups is 1. The molecule has 2 aromatic carbocycles. The predicted octanol–water partition coefficient (Wildman–Crippen LogP) is 4.77. The molecular formula is C23H26ClN3O3. The van der Waals surface area contributed by atoms with Crippen LogP contribution in [-0.4, -0.2) is 23.1 Å². The monoisotopic (exact) mass is 427 g/mol. The topological polar surface area (TPSA) is 81.7 Å². The van der Waals surface area contributed by atoms with Gasteiger partial charge < -0.3 is 15.7 Å². The van der Waals surface area contributed by atoms with Gasteiger partial charge in [0.1, 0.15) is 0 Å². The van der Waals surface area contributed by atoms with Gasteiger partial charge in [-0.2, -0.15) is 0 Å². The largest absolute Gasteiger partial charge is 0.359 e. The minimum atomic E-state index is -2.17. The van der Waals surface area contributed by atoms with Crippen LogP contribution in [0.1, 0.15) is 50.5 Å². The van der Waals surface area contributed by atoms with Gasteiger partial charge in [-0.25, -0.2) is 4.79 Å². The molecule has 1 unspecified atom stereocenters. The quantitative estimate of drug-likeness (QED) is 0.660. The first-order chi connectivity index (χ1) is 14.5. The Bertz CT molecular complexity index is 926. The zero-order chi connectivity index (χ0) is 21.1. The fraction of sp³-hybridized carbons (Fsp3) is 0.391. The Kier molecular flexibility index (Phi) is 5.97. The first kappa shape index (κ1) is 20.7. The minimum absolute atomic E-state index is 0.0222. The smallest absolute Gasteiger partial charge is 0.329 e. The number of urea groups is 1. The second-order valence-electron chi connectivity index (χ2n) is 7.98. The third-order valence-corrected chi connectivity index (χ3v) is 6.16. The molecule has 1 atom stereocenters. The van der Waals surface area contributed by atoms with E-state index in [0.29, 0.717) is 22.0 Å². The maximum absolute atomic E-state index is 13.5. The number of carbonyl (C=O) groups excluding carboxylic acids is 2. The number of hydrogen-bond acceptors (Lipinski definition) is 3. The van der Waals surface area contributed by atoms with E-state index in [2.05, 4.69) is 10.6 Å². The lowest BCUT2D eigenvalue weighted by atomic mass is 9.92. The molecule has 0 radical (unpaired) electrons. The number of halogens is 1. The molecule has 3 N–H and O–H groups in total. The number of rotatable bonds is 3. The van der Waals surface area contributed by atoms with E-state index in [4.69, 9.17) is 11.6 Å². The van der Waals surface area contributed by atoms with Gasteiger partial charge in [-0.15, -0.1) is 0 Å². The standard InChI is InChI=1S/C23H26ClN3O3/c24-16-12-14-18(15-13-16)27-22(29)26-20-11-7-6-10-19(20)23(27,30)21(28)25-17-8-4-2-1-3-5-9-17/h6-7,10-15,17,30H,1-5,8-9H2,(H,25,28)(H,26,29). The fourth-order valence-corrected chi connectivity index (χ4v) is 4.47. The van der Waals surface area contributed by atoms with Crippen LogP contribution < -0.4 is 15.5 Å². The van der Waals surface area contributed by atoms with Crippen molar-refractivity contribution >= 4 is 34.9 Å². The number of amides is 3. The van der Waals surface area contributed by atoms with E-state index >= 15 is 0 Å². The van der Waals surface area contributed by atoms with Crippen LogP contribution in [0.15, 0.2) is 48.5 Å². The van der Waals surface area contributed by atoms with Crippen molar-refractivity contribution in [2.24, 2.45) is 0 Å². The normalized spacial score (nSPS) is 22.5. The number of anilines is 2. The molecular weight excluding hydrogens is 402 g/mol. The molecule has 4 rings (SSSR count). The van der Waals surface area contributed by atoms with Gasteiger partial charge in [0.2, 0.25) is 0 Å². The maximum Gasteiger partial charge on any atom is 0.329 e. The van der Waals surface area contributed by atoms with Crippen LogP contribution in [-0.2, 0) is 10.5 Å². The molecule has 0 saturated heterocycles. The molecule has 7 heteroatoms. The first-order valence-corrected chi connectivity index (χ1v) is 10.9. The average Bonchev–Trinajstić information content (AvgIpc) is 2.71. The number of benzene rings is 2. The highest BCUT2D eigenvalue weighted by Crippen LogP contribution is 2.40. The van der Waals surface area contributed by atoms with Crippen molar-refractivity contribution in [1.29, 1.82) is 0 Å². The van der Waals surface area contributed by atoms with Gasteiger partial charge in [-0.05, 0) is 43.2 Å². The summed E-state index contributed by atoms with van der Waals surface area (Å²) in [7, 11) is 0. The fourth-order valence-electron chi connectivity index (χ4n) is 4.34. The SMILES string of the molecule is O=C1Nc2ccccc2C(O)(C(=O)NC2CCCCCCC2)N1c1ccc(Cl)cc1. The number of fused-ring (bicyclic) bond motifs is 1. The van der Waals surface area contributed by atoms with Crippen molar-refractivity contribution < 1.29 is 14.7 Å². The summed E-state index contributed by atoms with van der Waals surface area (Å²) in [5.41, 5.74) is -1.04. The van der Waals surface area contributed by atoms with Crippen LogP contribution in [0.4, 0.5) is 16.2 Å². The van der Waals surface area contributed by atoms with Gasteiger partial charge in [0.05, 0.1) is 5.69 Å². The molecule has 1 heterocycles. The summed E-state index contributed by atoms with van der Waals surface area (Å²) in [5, 5.41) is 18.1. The summed E-state index contributed by atoms with van der Waals surface area (Å²) in [6.45, 7) is 0. The number of hydrogen-bond donors (Lipinski definition) is 3. The molecule has 2 aliphatic rings. The first-order valence-electron chi connectivity index (χ1n) is 10.5. The Hall–Kier alpha value is -2.57. The molecule has 2 aromatic rings. The highest BCUT2D eigenvalue weighted by atomic mass is 35.5. The van der Waals surface area contributed by atoms with E-state index in [1.165, 1.54) is 6.42 Å². The Balaban J connectivity index is 1.73. The van der Waals surface area contributed by atoms with Crippen molar-refractivity contribution in [3.8, 4) is 0 Å². The van der Waals surface area contributed by atoms with E-state index < -0.39 is 17.7 Å². The second-order valence-corrected chi connectivity index (χ2v) is 8.41. The van der Waals surface area contributed by atoms with Crippen LogP contribution in [0.5, 0.6) is 0 Å². The third-order valence-electron chi connectivity index (χ3n) is 5.91. The van der Waals surface area contributed by atoms with Crippen LogP contribution in [0, 0.1) is 0 Å². The van der Waals surface area contributed by atoms with E-state index in [-0.39, 0.29) is 6.04 Å². The Morgan fingerprint density at radius 3 is 2.37 bits per heavy atom. The number of para-hydroxylation sites is 1. The number of carbonyl (C=O) groups is 2. The van der Waals surface area contributed by atoms with Crippen molar-refractivity contribution in [3.63, 3.8) is 0 Å². The van der Waals surface area contributed by atoms with Crippen molar-refractivity contribution in [2.45, 2.75) is 56.7 Å². The van der Waals surface area contributed by atoms with Crippen LogP contribution >= 0.6 is 11.6 Å². The summed E-state index contributed by atoms with van der Waals surface area (Å²) in [6.07, 6.45) is 7.36. The summed E-state index contributed by atoms with van der Waals surface area (Å²) in [5.74, 6) is -0.592. The lowest BCUT2D eigenvalue weighted by molar-refractivity contribution is -0.141. The Labute approximate surface area is 181 Å². The van der Waals surface area contributed by atoms with Crippen LogP contribution in [0.25, 0.3) is 0 Å². The molecule has 158 valence electrons. The van der Waals surface area contributed by atoms with E-state index in [0.717, 1.165) is 43.4 Å². The van der Waals surface area contributed by atoms with Gasteiger partial charge in [-0.3, -0.25) is 9.69 Å². The molecule has 3 amide bonds. The third kappa shape index (κ3) is 3.89. The van der Waals surface area contributed by atoms with Crippen molar-refractivity contribution in [3.05, 3.63) is 59.1 Å². The molecule has 0 spiro atoms.